The van der Waals surface area contributed by atoms with Crippen molar-refractivity contribution in [2.24, 2.45) is 0 Å². The number of hydrogen-bond donors (Lipinski definition) is 1. The van der Waals surface area contributed by atoms with E-state index in [2.05, 4.69) is 10.3 Å². The highest BCUT2D eigenvalue weighted by Gasteiger charge is 2.34. The number of benzene rings is 1. The molecule has 0 aliphatic rings. The Labute approximate surface area is 141 Å². The number of carbonyl (C=O) groups excluding carboxylic acids is 1. The molecule has 1 atom stereocenters. The lowest BCUT2D eigenvalue weighted by Crippen LogP contribution is -2.34. The van der Waals surface area contributed by atoms with Gasteiger partial charge in [-0.05, 0) is 39.8 Å². The zero-order valence-electron chi connectivity index (χ0n) is 14.0. The zero-order valence-corrected chi connectivity index (χ0v) is 14.0. The van der Waals surface area contributed by atoms with Crippen LogP contribution in [0.4, 0.5) is 18.0 Å². The summed E-state index contributed by atoms with van der Waals surface area (Å²) >= 11 is 0. The summed E-state index contributed by atoms with van der Waals surface area (Å²) in [5.74, 6) is -0.347. The summed E-state index contributed by atoms with van der Waals surface area (Å²) in [6.45, 7) is 6.38. The number of nitrogens with zero attached hydrogens (tertiary/aromatic N) is 1. The van der Waals surface area contributed by atoms with E-state index < -0.39 is 40.6 Å². The van der Waals surface area contributed by atoms with Crippen LogP contribution >= 0.6 is 0 Å². The van der Waals surface area contributed by atoms with E-state index in [9.17, 15) is 22.8 Å². The van der Waals surface area contributed by atoms with Gasteiger partial charge in [-0.1, -0.05) is 6.07 Å². The third-order valence-corrected chi connectivity index (χ3v) is 3.08. The van der Waals surface area contributed by atoms with Gasteiger partial charge in [0.2, 0.25) is 5.89 Å². The summed E-state index contributed by atoms with van der Waals surface area (Å²) in [6, 6.07) is 2.16. The molecule has 0 saturated carbocycles. The predicted molar refractivity (Wildman–Crippen MR) is 83.1 cm³/mol. The van der Waals surface area contributed by atoms with Crippen molar-refractivity contribution in [1.29, 1.82) is 0 Å². The van der Waals surface area contributed by atoms with Gasteiger partial charge in [-0.3, -0.25) is 0 Å². The second-order valence-corrected chi connectivity index (χ2v) is 6.41. The summed E-state index contributed by atoms with van der Waals surface area (Å²) in [6.07, 6.45) is -5.49. The molecule has 0 spiro atoms. The standard InChI is InChI=1S/C16H17F3N2O4/c1-8(20-14(23)25-15(2,3)4)12-21-11-9(13(22)24-12)6-5-7-10(11)16(17,18)19/h5-8H,1-4H3,(H,20,23). The lowest BCUT2D eigenvalue weighted by atomic mass is 10.1. The number of halogens is 3. The van der Waals surface area contributed by atoms with Crippen LogP contribution in [-0.2, 0) is 10.9 Å². The number of alkyl carbamates (subject to hydrolysis) is 1. The molecule has 1 heterocycles. The maximum absolute atomic E-state index is 13.1. The lowest BCUT2D eigenvalue weighted by molar-refractivity contribution is -0.136. The maximum Gasteiger partial charge on any atom is 0.418 e. The van der Waals surface area contributed by atoms with Crippen molar-refractivity contribution in [2.45, 2.75) is 45.5 Å². The van der Waals surface area contributed by atoms with Gasteiger partial charge in [0.05, 0.1) is 16.5 Å². The first-order valence-electron chi connectivity index (χ1n) is 7.39. The quantitative estimate of drug-likeness (QED) is 0.883. The number of aromatic nitrogens is 1. The summed E-state index contributed by atoms with van der Waals surface area (Å²) in [5, 5.41) is 2.08. The Bertz CT molecular complexity index is 853. The molecule has 2 rings (SSSR count). The van der Waals surface area contributed by atoms with Crippen molar-refractivity contribution in [3.63, 3.8) is 0 Å². The van der Waals surface area contributed by atoms with E-state index in [0.717, 1.165) is 12.1 Å². The summed E-state index contributed by atoms with van der Waals surface area (Å²) in [5.41, 5.74) is -3.31. The highest BCUT2D eigenvalue weighted by Crippen LogP contribution is 2.33. The first kappa shape index (κ1) is 18.8. The molecule has 0 aliphatic carbocycles. The lowest BCUT2D eigenvalue weighted by Gasteiger charge is -2.21. The Morgan fingerprint density at radius 2 is 1.92 bits per heavy atom. The molecule has 25 heavy (non-hydrogen) atoms. The molecule has 0 fully saturated rings. The van der Waals surface area contributed by atoms with Gasteiger partial charge in [0.15, 0.2) is 0 Å². The van der Waals surface area contributed by atoms with Crippen molar-refractivity contribution in [1.82, 2.24) is 10.3 Å². The molecule has 9 heteroatoms. The number of hydrogen-bond acceptors (Lipinski definition) is 5. The number of rotatable bonds is 2. The van der Waals surface area contributed by atoms with Gasteiger partial charge in [0.25, 0.3) is 0 Å². The van der Waals surface area contributed by atoms with Crippen LogP contribution in [0.15, 0.2) is 27.4 Å². The predicted octanol–water partition coefficient (Wildman–Crippen LogP) is 3.79. The minimum absolute atomic E-state index is 0.289. The molecule has 1 amide bonds. The minimum Gasteiger partial charge on any atom is -0.444 e. The molecule has 1 N–H and O–H groups in total. The highest BCUT2D eigenvalue weighted by molar-refractivity contribution is 5.81. The second-order valence-electron chi connectivity index (χ2n) is 6.41. The fourth-order valence-corrected chi connectivity index (χ4v) is 2.07. The van der Waals surface area contributed by atoms with Gasteiger partial charge in [0, 0.05) is 0 Å². The third kappa shape index (κ3) is 4.49. The fraction of sp³-hybridized carbons (Fsp3) is 0.438. The van der Waals surface area contributed by atoms with Gasteiger partial charge in [0.1, 0.15) is 11.6 Å². The molecule has 0 radical (unpaired) electrons. The van der Waals surface area contributed by atoms with Gasteiger partial charge in [-0.2, -0.15) is 13.2 Å². The first-order chi connectivity index (χ1) is 11.4. The topological polar surface area (TPSA) is 81.4 Å². The van der Waals surface area contributed by atoms with Crippen LogP contribution in [0.1, 0.15) is 45.2 Å². The van der Waals surface area contributed by atoms with Gasteiger partial charge >= 0.3 is 17.9 Å². The van der Waals surface area contributed by atoms with Gasteiger partial charge in [-0.15, -0.1) is 0 Å². The van der Waals surface area contributed by atoms with Gasteiger partial charge in [-0.25, -0.2) is 14.6 Å². The average Bonchev–Trinajstić information content (AvgIpc) is 2.43. The largest absolute Gasteiger partial charge is 0.444 e. The molecule has 136 valence electrons. The van der Waals surface area contributed by atoms with Crippen LogP contribution in [0.25, 0.3) is 10.9 Å². The smallest absolute Gasteiger partial charge is 0.418 e. The molecular formula is C16H17F3N2O4. The van der Waals surface area contributed by atoms with Crippen LogP contribution in [-0.4, -0.2) is 16.7 Å². The minimum atomic E-state index is -4.68. The first-order valence-corrected chi connectivity index (χ1v) is 7.39. The Morgan fingerprint density at radius 3 is 2.48 bits per heavy atom. The van der Waals surface area contributed by atoms with Crippen molar-refractivity contribution in [3.05, 3.63) is 40.1 Å². The van der Waals surface area contributed by atoms with Crippen molar-refractivity contribution in [3.8, 4) is 0 Å². The summed E-state index contributed by atoms with van der Waals surface area (Å²) < 4.78 is 49.3. The Morgan fingerprint density at radius 1 is 1.28 bits per heavy atom. The molecule has 1 unspecified atom stereocenters. The van der Waals surface area contributed by atoms with E-state index in [-0.39, 0.29) is 11.3 Å². The van der Waals surface area contributed by atoms with E-state index in [4.69, 9.17) is 9.15 Å². The van der Waals surface area contributed by atoms with Crippen LogP contribution < -0.4 is 10.9 Å². The van der Waals surface area contributed by atoms with Crippen molar-refractivity contribution >= 4 is 17.0 Å². The zero-order chi connectivity index (χ0) is 19.0. The SMILES string of the molecule is CC(NC(=O)OC(C)(C)C)c1nc2c(C(F)(F)F)cccc2c(=O)o1. The number of ether oxygens (including phenoxy) is 1. The number of alkyl halides is 3. The average molecular weight is 358 g/mol. The van der Waals surface area contributed by atoms with E-state index in [1.165, 1.54) is 13.0 Å². The Balaban J connectivity index is 2.43. The molecular weight excluding hydrogens is 341 g/mol. The van der Waals surface area contributed by atoms with E-state index in [1.54, 1.807) is 20.8 Å². The van der Waals surface area contributed by atoms with Crippen molar-refractivity contribution in [2.75, 3.05) is 0 Å². The number of para-hydroxylation sites is 1. The number of nitrogens with one attached hydrogen (secondary N) is 1. The van der Waals surface area contributed by atoms with Crippen LogP contribution in [0.3, 0.4) is 0 Å². The number of fused-ring (bicyclic) bond motifs is 1. The number of carbonyl (C=O) groups is 1. The molecule has 1 aromatic heterocycles. The monoisotopic (exact) mass is 358 g/mol. The van der Waals surface area contributed by atoms with Gasteiger partial charge < -0.3 is 14.5 Å². The Hall–Kier alpha value is -2.58. The van der Waals surface area contributed by atoms with Crippen LogP contribution in [0.2, 0.25) is 0 Å². The van der Waals surface area contributed by atoms with Crippen LogP contribution in [0.5, 0.6) is 0 Å². The normalized spacial score (nSPS) is 13.6. The van der Waals surface area contributed by atoms with E-state index in [1.807, 2.05) is 0 Å². The summed E-state index contributed by atoms with van der Waals surface area (Å²) in [7, 11) is 0. The van der Waals surface area contributed by atoms with Crippen LogP contribution in [0, 0.1) is 0 Å². The third-order valence-electron chi connectivity index (χ3n) is 3.08. The number of amides is 1. The molecule has 6 nitrogen and oxygen atoms in total. The second kappa shape index (κ2) is 6.38. The van der Waals surface area contributed by atoms with E-state index in [0.29, 0.717) is 0 Å². The summed E-state index contributed by atoms with van der Waals surface area (Å²) in [4.78, 5) is 27.5. The van der Waals surface area contributed by atoms with E-state index >= 15 is 0 Å². The maximum atomic E-state index is 13.1. The molecule has 2 aromatic rings. The molecule has 0 bridgehead atoms. The highest BCUT2D eigenvalue weighted by atomic mass is 19.4. The Kier molecular flexibility index (Phi) is 4.79. The molecule has 0 aliphatic heterocycles. The molecule has 1 aromatic carbocycles. The molecule has 0 saturated heterocycles. The fourth-order valence-electron chi connectivity index (χ4n) is 2.07. The van der Waals surface area contributed by atoms with Crippen molar-refractivity contribution < 1.29 is 27.1 Å².